The number of nitriles is 2. The largest absolute Gasteiger partial charge is 0.490 e. The number of rotatable bonds is 7. The Labute approximate surface area is 151 Å². The molecule has 0 bridgehead atoms. The Morgan fingerprint density at radius 2 is 1.85 bits per heavy atom. The summed E-state index contributed by atoms with van der Waals surface area (Å²) in [4.78, 5) is 14.4. The van der Waals surface area contributed by atoms with Crippen molar-refractivity contribution < 1.29 is 9.47 Å². The zero-order valence-corrected chi connectivity index (χ0v) is 14.8. The second kappa shape index (κ2) is 8.59. The Hall–Kier alpha value is -3.45. The summed E-state index contributed by atoms with van der Waals surface area (Å²) in [5.41, 5.74) is 5.68. The number of anilines is 1. The molecular weight excluding hydrogens is 332 g/mol. The van der Waals surface area contributed by atoms with Crippen molar-refractivity contribution in [2.45, 2.75) is 26.7 Å². The summed E-state index contributed by atoms with van der Waals surface area (Å²) in [6.07, 6.45) is 1.92. The van der Waals surface area contributed by atoms with Crippen molar-refractivity contribution in [2.75, 3.05) is 18.9 Å². The lowest BCUT2D eigenvalue weighted by atomic mass is 9.96. The van der Waals surface area contributed by atoms with Crippen LogP contribution in [0.2, 0.25) is 0 Å². The number of nitrogen functional groups attached to an aromatic ring is 1. The van der Waals surface area contributed by atoms with E-state index in [0.717, 1.165) is 12.8 Å². The number of aromatic nitrogens is 1. The Morgan fingerprint density at radius 3 is 2.46 bits per heavy atom. The molecule has 3 N–H and O–H groups in total. The molecule has 0 saturated heterocycles. The van der Waals surface area contributed by atoms with Gasteiger partial charge in [0.2, 0.25) is 0 Å². The van der Waals surface area contributed by atoms with E-state index >= 15 is 0 Å². The molecule has 0 aliphatic heterocycles. The Morgan fingerprint density at radius 1 is 1.12 bits per heavy atom. The molecule has 0 aliphatic carbocycles. The molecule has 0 amide bonds. The molecule has 2 aromatic rings. The van der Waals surface area contributed by atoms with Crippen molar-refractivity contribution >= 4 is 5.82 Å². The average molecular weight is 352 g/mol. The minimum atomic E-state index is -0.639. The van der Waals surface area contributed by atoms with Crippen LogP contribution in [0, 0.1) is 22.7 Å². The van der Waals surface area contributed by atoms with E-state index in [9.17, 15) is 15.3 Å². The number of hydrogen-bond donors (Lipinski definition) is 2. The second-order valence-electron chi connectivity index (χ2n) is 5.51. The highest BCUT2D eigenvalue weighted by molar-refractivity contribution is 5.81. The topological polar surface area (TPSA) is 125 Å². The van der Waals surface area contributed by atoms with E-state index in [1.54, 1.807) is 18.2 Å². The van der Waals surface area contributed by atoms with Crippen LogP contribution in [0.15, 0.2) is 23.0 Å². The molecule has 0 radical (unpaired) electrons. The molecule has 7 heteroatoms. The number of benzene rings is 1. The number of unbranched alkanes of at least 4 members (excludes halogenated alkanes) is 1. The molecule has 0 aliphatic rings. The molecule has 7 nitrogen and oxygen atoms in total. The predicted octanol–water partition coefficient (Wildman–Crippen LogP) is 2.95. The van der Waals surface area contributed by atoms with Gasteiger partial charge in [0.15, 0.2) is 11.5 Å². The second-order valence-corrected chi connectivity index (χ2v) is 5.51. The van der Waals surface area contributed by atoms with Gasteiger partial charge in [0.05, 0.1) is 13.2 Å². The fourth-order valence-electron chi connectivity index (χ4n) is 2.51. The Bertz CT molecular complexity index is 936. The molecule has 1 heterocycles. The van der Waals surface area contributed by atoms with Crippen molar-refractivity contribution in [3.8, 4) is 34.8 Å². The van der Waals surface area contributed by atoms with Gasteiger partial charge in [-0.05, 0) is 31.0 Å². The lowest BCUT2D eigenvalue weighted by molar-refractivity contribution is 0.273. The fraction of sp³-hybridized carbons (Fsp3) is 0.316. The molecule has 134 valence electrons. The van der Waals surface area contributed by atoms with Crippen molar-refractivity contribution in [1.82, 2.24) is 4.98 Å². The van der Waals surface area contributed by atoms with Crippen molar-refractivity contribution in [1.29, 1.82) is 10.5 Å². The van der Waals surface area contributed by atoms with Crippen LogP contribution in [0.25, 0.3) is 11.1 Å². The number of H-pyrrole nitrogens is 1. The van der Waals surface area contributed by atoms with E-state index in [-0.39, 0.29) is 22.5 Å². The van der Waals surface area contributed by atoms with Crippen LogP contribution in [-0.4, -0.2) is 18.2 Å². The zero-order chi connectivity index (χ0) is 19.1. The number of nitrogens with two attached hydrogens (primary N) is 1. The summed E-state index contributed by atoms with van der Waals surface area (Å²) in [6.45, 7) is 4.89. The third kappa shape index (κ3) is 3.79. The summed E-state index contributed by atoms with van der Waals surface area (Å²) in [6, 6.07) is 8.84. The molecular formula is C19H20N4O3. The smallest absolute Gasteiger partial charge is 0.268 e. The molecule has 0 saturated carbocycles. The van der Waals surface area contributed by atoms with E-state index in [1.165, 1.54) is 0 Å². The van der Waals surface area contributed by atoms with Crippen LogP contribution >= 0.6 is 0 Å². The normalized spacial score (nSPS) is 10.0. The maximum Gasteiger partial charge on any atom is 0.268 e. The van der Waals surface area contributed by atoms with Gasteiger partial charge in [0, 0.05) is 5.56 Å². The molecule has 0 atom stereocenters. The van der Waals surface area contributed by atoms with E-state index < -0.39 is 5.56 Å². The van der Waals surface area contributed by atoms with Gasteiger partial charge in [-0.25, -0.2) is 0 Å². The van der Waals surface area contributed by atoms with E-state index in [2.05, 4.69) is 11.9 Å². The third-order valence-electron chi connectivity index (χ3n) is 3.76. The molecule has 1 aromatic carbocycles. The number of pyridine rings is 1. The van der Waals surface area contributed by atoms with Gasteiger partial charge in [0.25, 0.3) is 5.56 Å². The third-order valence-corrected chi connectivity index (χ3v) is 3.76. The number of aromatic amines is 1. The molecule has 26 heavy (non-hydrogen) atoms. The number of nitrogens with zero attached hydrogens (tertiary/aromatic N) is 2. The van der Waals surface area contributed by atoms with Gasteiger partial charge in [-0.2, -0.15) is 10.5 Å². The minimum absolute atomic E-state index is 0.0447. The lowest BCUT2D eigenvalue weighted by Gasteiger charge is -2.15. The van der Waals surface area contributed by atoms with Gasteiger partial charge in [0.1, 0.15) is 29.1 Å². The molecule has 2 rings (SSSR count). The van der Waals surface area contributed by atoms with Gasteiger partial charge in [-0.15, -0.1) is 0 Å². The van der Waals surface area contributed by atoms with E-state index in [0.29, 0.717) is 30.3 Å². The molecule has 0 fully saturated rings. The van der Waals surface area contributed by atoms with Crippen molar-refractivity contribution in [3.05, 3.63) is 39.7 Å². The predicted molar refractivity (Wildman–Crippen MR) is 97.9 cm³/mol. The number of nitrogens with one attached hydrogen (secondary N) is 1. The highest BCUT2D eigenvalue weighted by Gasteiger charge is 2.19. The van der Waals surface area contributed by atoms with Gasteiger partial charge in [-0.1, -0.05) is 19.4 Å². The van der Waals surface area contributed by atoms with Gasteiger partial charge < -0.3 is 20.2 Å². The summed E-state index contributed by atoms with van der Waals surface area (Å²) in [7, 11) is 0. The molecule has 1 aromatic heterocycles. The monoisotopic (exact) mass is 352 g/mol. The summed E-state index contributed by atoms with van der Waals surface area (Å²) < 4.78 is 11.4. The zero-order valence-electron chi connectivity index (χ0n) is 14.8. The Balaban J connectivity index is 2.63. The average Bonchev–Trinajstić information content (AvgIpc) is 2.62. The van der Waals surface area contributed by atoms with Crippen molar-refractivity contribution in [2.24, 2.45) is 0 Å². The quantitative estimate of drug-likeness (QED) is 0.738. The van der Waals surface area contributed by atoms with Gasteiger partial charge in [-0.3, -0.25) is 4.79 Å². The Kier molecular flexibility index (Phi) is 6.24. The van der Waals surface area contributed by atoms with E-state index in [4.69, 9.17) is 15.2 Å². The van der Waals surface area contributed by atoms with Crippen LogP contribution < -0.4 is 20.8 Å². The summed E-state index contributed by atoms with van der Waals surface area (Å²) in [5, 5.41) is 18.8. The van der Waals surface area contributed by atoms with Gasteiger partial charge >= 0.3 is 0 Å². The lowest BCUT2D eigenvalue weighted by Crippen LogP contribution is -2.16. The molecule has 0 unspecified atom stereocenters. The first-order valence-corrected chi connectivity index (χ1v) is 8.33. The first kappa shape index (κ1) is 18.9. The summed E-state index contributed by atoms with van der Waals surface area (Å²) >= 11 is 0. The highest BCUT2D eigenvalue weighted by atomic mass is 16.5. The van der Waals surface area contributed by atoms with E-state index in [1.807, 2.05) is 19.1 Å². The van der Waals surface area contributed by atoms with Crippen molar-refractivity contribution in [3.63, 3.8) is 0 Å². The summed E-state index contributed by atoms with van der Waals surface area (Å²) in [5.74, 6) is 0.972. The first-order chi connectivity index (χ1) is 12.6. The highest BCUT2D eigenvalue weighted by Crippen LogP contribution is 2.35. The maximum atomic E-state index is 12.1. The van der Waals surface area contributed by atoms with Crippen LogP contribution in [0.1, 0.15) is 37.8 Å². The molecule has 0 spiro atoms. The fourth-order valence-corrected chi connectivity index (χ4v) is 2.51. The van der Waals surface area contributed by atoms with Crippen LogP contribution in [0.5, 0.6) is 11.5 Å². The minimum Gasteiger partial charge on any atom is -0.490 e. The first-order valence-electron chi connectivity index (χ1n) is 8.33. The van der Waals surface area contributed by atoms with Crippen LogP contribution in [-0.2, 0) is 0 Å². The number of hydrogen-bond acceptors (Lipinski definition) is 6. The SMILES string of the molecule is CCCCOc1ccc(-c2c(C#N)c(N)[nH]c(=O)c2C#N)cc1OCC. The van der Waals surface area contributed by atoms with Crippen LogP contribution in [0.4, 0.5) is 5.82 Å². The maximum absolute atomic E-state index is 12.1. The standard InChI is InChI=1S/C19H20N4O3/c1-3-5-8-26-15-7-6-12(9-16(15)25-4-2)17-13(10-20)18(22)23-19(24)14(17)11-21/h6-7,9H,3-5,8H2,1-2H3,(H3,22,23,24). The van der Waals surface area contributed by atoms with Crippen LogP contribution in [0.3, 0.4) is 0 Å². The number of ether oxygens (including phenoxy) is 2.